The van der Waals surface area contributed by atoms with E-state index >= 15 is 0 Å². The SMILES string of the molecule is Cc1nc2c(N)nc(Br)cn2c1C(=O)O. The van der Waals surface area contributed by atoms with E-state index in [9.17, 15) is 4.79 Å². The number of fused-ring (bicyclic) bond motifs is 1. The third-order valence-electron chi connectivity index (χ3n) is 1.98. The van der Waals surface area contributed by atoms with E-state index in [2.05, 4.69) is 25.9 Å². The smallest absolute Gasteiger partial charge is 0.354 e. The zero-order valence-electron chi connectivity index (χ0n) is 7.73. The second-order valence-corrected chi connectivity index (χ2v) is 3.81. The molecule has 7 heteroatoms. The minimum absolute atomic E-state index is 0.0970. The standard InChI is InChI=1S/C8H7BrN4O2/c1-3-5(8(14)15)13-2-4(9)12-6(10)7(13)11-3/h2H,1H3,(H2,10,12)(H,14,15). The number of aromatic carboxylic acids is 1. The second kappa shape index (κ2) is 3.20. The number of nitrogens with two attached hydrogens (primary N) is 1. The molecule has 0 saturated carbocycles. The molecule has 2 heterocycles. The average molecular weight is 271 g/mol. The van der Waals surface area contributed by atoms with Crippen LogP contribution in [0.2, 0.25) is 0 Å². The van der Waals surface area contributed by atoms with Gasteiger partial charge in [0.2, 0.25) is 0 Å². The van der Waals surface area contributed by atoms with Gasteiger partial charge in [-0.15, -0.1) is 0 Å². The number of carboxylic acids is 1. The highest BCUT2D eigenvalue weighted by atomic mass is 79.9. The summed E-state index contributed by atoms with van der Waals surface area (Å²) in [5, 5.41) is 9.00. The maximum atomic E-state index is 11.0. The molecule has 2 aromatic heterocycles. The molecule has 3 N–H and O–H groups in total. The van der Waals surface area contributed by atoms with Crippen LogP contribution in [0.1, 0.15) is 16.2 Å². The van der Waals surface area contributed by atoms with Crippen molar-refractivity contribution in [3.63, 3.8) is 0 Å². The lowest BCUT2D eigenvalue weighted by Crippen LogP contribution is -2.05. The van der Waals surface area contributed by atoms with Gasteiger partial charge in [-0.25, -0.2) is 14.8 Å². The molecule has 2 aromatic rings. The van der Waals surface area contributed by atoms with Crippen molar-refractivity contribution in [1.29, 1.82) is 0 Å². The van der Waals surface area contributed by atoms with E-state index in [0.717, 1.165) is 0 Å². The number of hydrogen-bond acceptors (Lipinski definition) is 4. The molecule has 0 aliphatic carbocycles. The number of aryl methyl sites for hydroxylation is 1. The van der Waals surface area contributed by atoms with Crippen LogP contribution in [0.15, 0.2) is 10.8 Å². The molecule has 78 valence electrons. The summed E-state index contributed by atoms with van der Waals surface area (Å²) in [6, 6.07) is 0. The Hall–Kier alpha value is -1.63. The summed E-state index contributed by atoms with van der Waals surface area (Å²) in [7, 11) is 0. The van der Waals surface area contributed by atoms with Crippen LogP contribution in [-0.2, 0) is 0 Å². The quantitative estimate of drug-likeness (QED) is 0.809. The molecule has 0 saturated heterocycles. The van der Waals surface area contributed by atoms with Crippen LogP contribution in [-0.4, -0.2) is 25.4 Å². The number of nitrogens with zero attached hydrogens (tertiary/aromatic N) is 3. The van der Waals surface area contributed by atoms with Gasteiger partial charge >= 0.3 is 5.97 Å². The fourth-order valence-electron chi connectivity index (χ4n) is 1.41. The molecular formula is C8H7BrN4O2. The van der Waals surface area contributed by atoms with Gasteiger partial charge in [-0.3, -0.25) is 4.40 Å². The van der Waals surface area contributed by atoms with Crippen LogP contribution in [0.3, 0.4) is 0 Å². The van der Waals surface area contributed by atoms with Crippen molar-refractivity contribution in [1.82, 2.24) is 14.4 Å². The molecule has 0 aromatic carbocycles. The Morgan fingerprint density at radius 2 is 2.27 bits per heavy atom. The van der Waals surface area contributed by atoms with Crippen molar-refractivity contribution in [2.24, 2.45) is 0 Å². The summed E-state index contributed by atoms with van der Waals surface area (Å²) < 4.78 is 1.87. The van der Waals surface area contributed by atoms with E-state index in [1.54, 1.807) is 6.92 Å². The zero-order valence-corrected chi connectivity index (χ0v) is 9.32. The third kappa shape index (κ3) is 1.44. The zero-order chi connectivity index (χ0) is 11.2. The van der Waals surface area contributed by atoms with E-state index < -0.39 is 5.97 Å². The number of halogens is 1. The largest absolute Gasteiger partial charge is 0.477 e. The molecule has 0 spiro atoms. The summed E-state index contributed by atoms with van der Waals surface area (Å²) in [4.78, 5) is 19.0. The van der Waals surface area contributed by atoms with Crippen molar-refractivity contribution in [2.75, 3.05) is 5.73 Å². The number of hydrogen-bond donors (Lipinski definition) is 2. The molecule has 0 unspecified atom stereocenters. The second-order valence-electron chi connectivity index (χ2n) is 2.99. The van der Waals surface area contributed by atoms with Crippen LogP contribution in [0.5, 0.6) is 0 Å². The van der Waals surface area contributed by atoms with Gasteiger partial charge in [-0.2, -0.15) is 0 Å². The maximum absolute atomic E-state index is 11.0. The molecule has 15 heavy (non-hydrogen) atoms. The molecule has 0 aliphatic rings. The van der Waals surface area contributed by atoms with Gasteiger partial charge in [-0.05, 0) is 22.9 Å². The fraction of sp³-hybridized carbons (Fsp3) is 0.125. The van der Waals surface area contributed by atoms with Crippen molar-refractivity contribution in [3.05, 3.63) is 22.2 Å². The number of nitrogen functional groups attached to an aromatic ring is 1. The van der Waals surface area contributed by atoms with Gasteiger partial charge in [0.25, 0.3) is 0 Å². The van der Waals surface area contributed by atoms with Crippen molar-refractivity contribution in [2.45, 2.75) is 6.92 Å². The summed E-state index contributed by atoms with van der Waals surface area (Å²) in [6.07, 6.45) is 1.52. The molecule has 0 atom stereocenters. The lowest BCUT2D eigenvalue weighted by atomic mass is 10.3. The molecule has 0 amide bonds. The topological polar surface area (TPSA) is 93.5 Å². The molecule has 0 aliphatic heterocycles. The predicted octanol–water partition coefficient (Wildman–Crippen LogP) is 1.08. The third-order valence-corrected chi connectivity index (χ3v) is 2.36. The number of rotatable bonds is 1. The number of imidazole rings is 1. The van der Waals surface area contributed by atoms with Gasteiger partial charge in [0, 0.05) is 6.20 Å². The van der Waals surface area contributed by atoms with E-state index in [-0.39, 0.29) is 11.5 Å². The van der Waals surface area contributed by atoms with Gasteiger partial charge < -0.3 is 10.8 Å². The predicted molar refractivity (Wildman–Crippen MR) is 56.8 cm³/mol. The Kier molecular flexibility index (Phi) is 2.11. The molecule has 0 fully saturated rings. The minimum atomic E-state index is -1.04. The van der Waals surface area contributed by atoms with Crippen LogP contribution in [0.25, 0.3) is 5.65 Å². The Labute approximate surface area is 92.9 Å². The Morgan fingerprint density at radius 3 is 2.87 bits per heavy atom. The first kappa shape index (κ1) is 9.91. The van der Waals surface area contributed by atoms with Gasteiger partial charge in [0.15, 0.2) is 17.2 Å². The van der Waals surface area contributed by atoms with Crippen molar-refractivity contribution < 1.29 is 9.90 Å². The van der Waals surface area contributed by atoms with Crippen LogP contribution in [0, 0.1) is 6.92 Å². The first-order chi connectivity index (χ1) is 7.00. The molecule has 6 nitrogen and oxygen atoms in total. The molecular weight excluding hydrogens is 264 g/mol. The summed E-state index contributed by atoms with van der Waals surface area (Å²) in [5.41, 5.74) is 6.48. The van der Waals surface area contributed by atoms with Crippen LogP contribution in [0.4, 0.5) is 5.82 Å². The first-order valence-corrected chi connectivity index (χ1v) is 4.84. The van der Waals surface area contributed by atoms with Gasteiger partial charge in [-0.1, -0.05) is 0 Å². The molecule has 0 radical (unpaired) electrons. The van der Waals surface area contributed by atoms with E-state index in [4.69, 9.17) is 10.8 Å². The average Bonchev–Trinajstić information content (AvgIpc) is 2.41. The number of carbonyl (C=O) groups is 1. The highest BCUT2D eigenvalue weighted by Gasteiger charge is 2.17. The van der Waals surface area contributed by atoms with E-state index in [1.165, 1.54) is 10.6 Å². The highest BCUT2D eigenvalue weighted by molar-refractivity contribution is 9.10. The molecule has 0 bridgehead atoms. The Bertz CT molecular complexity index is 563. The Morgan fingerprint density at radius 1 is 1.60 bits per heavy atom. The van der Waals surface area contributed by atoms with Crippen LogP contribution >= 0.6 is 15.9 Å². The number of anilines is 1. The number of aromatic nitrogens is 3. The lowest BCUT2D eigenvalue weighted by Gasteiger charge is -2.00. The fourth-order valence-corrected chi connectivity index (χ4v) is 1.81. The van der Waals surface area contributed by atoms with Crippen molar-refractivity contribution >= 4 is 33.4 Å². The van der Waals surface area contributed by atoms with Crippen molar-refractivity contribution in [3.8, 4) is 0 Å². The monoisotopic (exact) mass is 270 g/mol. The van der Waals surface area contributed by atoms with Gasteiger partial charge in [0.05, 0.1) is 5.69 Å². The van der Waals surface area contributed by atoms with Gasteiger partial charge in [0.1, 0.15) is 4.60 Å². The normalized spacial score (nSPS) is 10.8. The van der Waals surface area contributed by atoms with E-state index in [0.29, 0.717) is 15.9 Å². The highest BCUT2D eigenvalue weighted by Crippen LogP contribution is 2.19. The number of carboxylic acid groups (broad SMARTS) is 1. The minimum Gasteiger partial charge on any atom is -0.477 e. The lowest BCUT2D eigenvalue weighted by molar-refractivity contribution is 0.0688. The maximum Gasteiger partial charge on any atom is 0.354 e. The summed E-state index contributed by atoms with van der Waals surface area (Å²) in [5.74, 6) is -0.850. The Balaban J connectivity index is 2.93. The summed E-state index contributed by atoms with van der Waals surface area (Å²) in [6.45, 7) is 1.61. The van der Waals surface area contributed by atoms with Crippen LogP contribution < -0.4 is 5.73 Å². The summed E-state index contributed by atoms with van der Waals surface area (Å²) >= 11 is 3.14. The van der Waals surface area contributed by atoms with E-state index in [1.807, 2.05) is 0 Å². The first-order valence-electron chi connectivity index (χ1n) is 4.04. The molecule has 2 rings (SSSR count).